The zero-order valence-corrected chi connectivity index (χ0v) is 8.86. The number of hydrogen-bond acceptors (Lipinski definition) is 4. The van der Waals surface area contributed by atoms with Crippen molar-refractivity contribution in [3.63, 3.8) is 0 Å². The molecule has 2 rings (SSSR count). The molecule has 1 heterocycles. The van der Waals surface area contributed by atoms with Gasteiger partial charge >= 0.3 is 11.9 Å². The Labute approximate surface area is 88.2 Å². The van der Waals surface area contributed by atoms with Crippen molar-refractivity contribution >= 4 is 11.9 Å². The minimum atomic E-state index is -1.06. The zero-order chi connectivity index (χ0) is 11.1. The van der Waals surface area contributed by atoms with Crippen LogP contribution in [-0.2, 0) is 19.1 Å². The molecule has 0 saturated carbocycles. The van der Waals surface area contributed by atoms with Crippen molar-refractivity contribution < 1.29 is 19.1 Å². The fourth-order valence-electron chi connectivity index (χ4n) is 2.30. The van der Waals surface area contributed by atoms with E-state index in [0.29, 0.717) is 13.0 Å². The SMILES string of the molecule is CC(=O)O[C@]12C[C@@H](C)C=C[C@H]1COC2=O. The van der Waals surface area contributed by atoms with Crippen LogP contribution in [0.1, 0.15) is 20.3 Å². The first-order chi connectivity index (χ1) is 7.04. The monoisotopic (exact) mass is 210 g/mol. The summed E-state index contributed by atoms with van der Waals surface area (Å²) in [4.78, 5) is 22.7. The summed E-state index contributed by atoms with van der Waals surface area (Å²) in [5.74, 6) is -0.725. The molecular formula is C11H14O4. The minimum absolute atomic E-state index is 0.120. The Morgan fingerprint density at radius 2 is 2.33 bits per heavy atom. The Balaban J connectivity index is 2.33. The number of rotatable bonds is 1. The quantitative estimate of drug-likeness (QED) is 0.479. The van der Waals surface area contributed by atoms with Crippen LogP contribution in [0.4, 0.5) is 0 Å². The average molecular weight is 210 g/mol. The lowest BCUT2D eigenvalue weighted by atomic mass is 9.77. The van der Waals surface area contributed by atoms with Crippen molar-refractivity contribution in [1.82, 2.24) is 0 Å². The van der Waals surface area contributed by atoms with E-state index in [2.05, 4.69) is 0 Å². The van der Waals surface area contributed by atoms with E-state index in [0.717, 1.165) is 0 Å². The second-order valence-electron chi connectivity index (χ2n) is 4.25. The van der Waals surface area contributed by atoms with Gasteiger partial charge < -0.3 is 9.47 Å². The molecule has 0 aromatic carbocycles. The largest absolute Gasteiger partial charge is 0.462 e. The summed E-state index contributed by atoms with van der Waals surface area (Å²) >= 11 is 0. The van der Waals surface area contributed by atoms with E-state index >= 15 is 0 Å². The van der Waals surface area contributed by atoms with Crippen LogP contribution in [0.3, 0.4) is 0 Å². The average Bonchev–Trinajstić information content (AvgIpc) is 2.42. The van der Waals surface area contributed by atoms with Gasteiger partial charge in [-0.25, -0.2) is 4.79 Å². The summed E-state index contributed by atoms with van der Waals surface area (Å²) < 4.78 is 10.2. The smallest absolute Gasteiger partial charge is 0.351 e. The highest BCUT2D eigenvalue weighted by Crippen LogP contribution is 2.41. The van der Waals surface area contributed by atoms with Crippen molar-refractivity contribution in [3.8, 4) is 0 Å². The molecule has 1 fully saturated rings. The first kappa shape index (κ1) is 10.2. The third-order valence-electron chi connectivity index (χ3n) is 2.96. The van der Waals surface area contributed by atoms with Gasteiger partial charge in [0.2, 0.25) is 5.60 Å². The third-order valence-corrected chi connectivity index (χ3v) is 2.96. The van der Waals surface area contributed by atoms with Crippen molar-refractivity contribution in [2.75, 3.05) is 6.61 Å². The summed E-state index contributed by atoms with van der Waals surface area (Å²) in [5.41, 5.74) is -1.06. The summed E-state index contributed by atoms with van der Waals surface area (Å²) in [5, 5.41) is 0. The molecule has 2 aliphatic rings. The number of fused-ring (bicyclic) bond motifs is 1. The summed E-state index contributed by atoms with van der Waals surface area (Å²) in [7, 11) is 0. The predicted octanol–water partition coefficient (Wildman–Crippen LogP) is 1.06. The van der Waals surface area contributed by atoms with Crippen molar-refractivity contribution in [3.05, 3.63) is 12.2 Å². The highest BCUT2D eigenvalue weighted by Gasteiger charge is 2.56. The maximum absolute atomic E-state index is 11.7. The summed E-state index contributed by atoms with van der Waals surface area (Å²) in [6, 6.07) is 0. The zero-order valence-electron chi connectivity index (χ0n) is 8.86. The minimum Gasteiger partial charge on any atom is -0.462 e. The van der Waals surface area contributed by atoms with Gasteiger partial charge in [0.25, 0.3) is 0 Å². The molecule has 0 amide bonds. The molecule has 1 saturated heterocycles. The molecule has 0 spiro atoms. The van der Waals surface area contributed by atoms with Crippen molar-refractivity contribution in [2.24, 2.45) is 11.8 Å². The van der Waals surface area contributed by atoms with Crippen molar-refractivity contribution in [1.29, 1.82) is 0 Å². The lowest BCUT2D eigenvalue weighted by molar-refractivity contribution is -0.175. The van der Waals surface area contributed by atoms with E-state index in [-0.39, 0.29) is 11.8 Å². The Hall–Kier alpha value is -1.32. The van der Waals surface area contributed by atoms with Gasteiger partial charge in [0, 0.05) is 13.3 Å². The molecule has 1 aliphatic carbocycles. The molecular weight excluding hydrogens is 196 g/mol. The summed E-state index contributed by atoms with van der Waals surface area (Å²) in [6.07, 6.45) is 4.48. The number of esters is 2. The van der Waals surface area contributed by atoms with Crippen LogP contribution in [0.25, 0.3) is 0 Å². The Kier molecular flexibility index (Phi) is 2.29. The lowest BCUT2D eigenvalue weighted by Gasteiger charge is -2.33. The number of carbonyl (C=O) groups excluding carboxylic acids is 2. The van der Waals surface area contributed by atoms with Crippen molar-refractivity contribution in [2.45, 2.75) is 25.9 Å². The molecule has 0 unspecified atom stereocenters. The van der Waals surface area contributed by atoms with E-state index in [9.17, 15) is 9.59 Å². The first-order valence-electron chi connectivity index (χ1n) is 5.10. The van der Waals surface area contributed by atoms with Crippen LogP contribution in [0.15, 0.2) is 12.2 Å². The lowest BCUT2D eigenvalue weighted by Crippen LogP contribution is -2.47. The molecule has 0 N–H and O–H groups in total. The molecule has 1 aliphatic heterocycles. The van der Waals surface area contributed by atoms with E-state index in [1.807, 2.05) is 19.1 Å². The second kappa shape index (κ2) is 3.36. The van der Waals surface area contributed by atoms with E-state index in [1.165, 1.54) is 6.92 Å². The van der Waals surface area contributed by atoms with E-state index in [1.54, 1.807) is 0 Å². The Morgan fingerprint density at radius 1 is 1.60 bits per heavy atom. The molecule has 4 nitrogen and oxygen atoms in total. The van der Waals surface area contributed by atoms with E-state index < -0.39 is 17.5 Å². The van der Waals surface area contributed by atoms with Crippen LogP contribution in [-0.4, -0.2) is 24.1 Å². The fraction of sp³-hybridized carbons (Fsp3) is 0.636. The predicted molar refractivity (Wildman–Crippen MR) is 51.9 cm³/mol. The Bertz CT molecular complexity index is 333. The van der Waals surface area contributed by atoms with Crippen LogP contribution >= 0.6 is 0 Å². The van der Waals surface area contributed by atoms with Gasteiger partial charge in [0.1, 0.15) is 6.61 Å². The highest BCUT2D eigenvalue weighted by molar-refractivity contribution is 5.85. The third kappa shape index (κ3) is 1.54. The van der Waals surface area contributed by atoms with Gasteiger partial charge in [0.15, 0.2) is 0 Å². The molecule has 0 bridgehead atoms. The summed E-state index contributed by atoms with van der Waals surface area (Å²) in [6.45, 7) is 3.62. The van der Waals surface area contributed by atoms with Gasteiger partial charge in [-0.3, -0.25) is 4.79 Å². The maximum Gasteiger partial charge on any atom is 0.351 e. The molecule has 3 atom stereocenters. The van der Waals surface area contributed by atoms with Gasteiger partial charge in [0.05, 0.1) is 5.92 Å². The molecule has 4 heteroatoms. The molecule has 15 heavy (non-hydrogen) atoms. The number of ether oxygens (including phenoxy) is 2. The first-order valence-corrected chi connectivity index (χ1v) is 5.10. The second-order valence-corrected chi connectivity index (χ2v) is 4.25. The molecule has 82 valence electrons. The van der Waals surface area contributed by atoms with E-state index in [4.69, 9.17) is 9.47 Å². The Morgan fingerprint density at radius 3 is 3.00 bits per heavy atom. The van der Waals surface area contributed by atoms with Gasteiger partial charge in [-0.05, 0) is 5.92 Å². The standard InChI is InChI=1S/C11H14O4/c1-7-3-4-9-6-14-10(13)11(9,5-7)15-8(2)12/h3-4,7,9H,5-6H2,1-2H3/t7-,9-,11+/m0/s1. The van der Waals surface area contributed by atoms with Gasteiger partial charge in [-0.1, -0.05) is 19.1 Å². The number of allylic oxidation sites excluding steroid dienone is 1. The number of cyclic esters (lactones) is 1. The van der Waals surface area contributed by atoms with Crippen LogP contribution in [0, 0.1) is 11.8 Å². The van der Waals surface area contributed by atoms with Crippen LogP contribution < -0.4 is 0 Å². The maximum atomic E-state index is 11.7. The normalized spacial score (nSPS) is 38.4. The highest BCUT2D eigenvalue weighted by atomic mass is 16.6. The molecule has 0 aromatic rings. The van der Waals surface area contributed by atoms with Crippen LogP contribution in [0.5, 0.6) is 0 Å². The van der Waals surface area contributed by atoms with Gasteiger partial charge in [-0.2, -0.15) is 0 Å². The fourth-order valence-corrected chi connectivity index (χ4v) is 2.30. The number of hydrogen-bond donors (Lipinski definition) is 0. The van der Waals surface area contributed by atoms with Crippen LogP contribution in [0.2, 0.25) is 0 Å². The molecule has 0 aromatic heterocycles. The topological polar surface area (TPSA) is 52.6 Å². The molecule has 0 radical (unpaired) electrons. The van der Waals surface area contributed by atoms with Gasteiger partial charge in [-0.15, -0.1) is 0 Å². The number of carbonyl (C=O) groups is 2.